The van der Waals surface area contributed by atoms with Gasteiger partial charge in [-0.05, 0) is 6.07 Å². The fraction of sp³-hybridized carbons (Fsp3) is 0.385. The van der Waals surface area contributed by atoms with E-state index in [4.69, 9.17) is 5.73 Å². The average molecular weight is 252 g/mol. The third-order valence-electron chi connectivity index (χ3n) is 2.46. The molecule has 0 aliphatic carbocycles. The van der Waals surface area contributed by atoms with Crippen LogP contribution in [0.1, 0.15) is 36.7 Å². The average Bonchev–Trinajstić information content (AvgIpc) is 2.25. The second-order valence-electron chi connectivity index (χ2n) is 5.08. The second-order valence-corrected chi connectivity index (χ2v) is 5.08. The quantitative estimate of drug-likeness (QED) is 0.857. The summed E-state index contributed by atoms with van der Waals surface area (Å²) in [5.74, 6) is -1.69. The summed E-state index contributed by atoms with van der Waals surface area (Å²) in [6.45, 7) is 5.32. The van der Waals surface area contributed by atoms with Gasteiger partial charge in [-0.25, -0.2) is 4.39 Å². The third kappa shape index (κ3) is 3.29. The lowest BCUT2D eigenvalue weighted by Gasteiger charge is -2.18. The van der Waals surface area contributed by atoms with Crippen LogP contribution in [0, 0.1) is 11.2 Å². The van der Waals surface area contributed by atoms with Crippen molar-refractivity contribution in [3.05, 3.63) is 35.1 Å². The number of carbonyl (C=O) groups excluding carboxylic acids is 2. The zero-order valence-electron chi connectivity index (χ0n) is 10.7. The van der Waals surface area contributed by atoms with Crippen LogP contribution in [-0.4, -0.2) is 11.8 Å². The van der Waals surface area contributed by atoms with Crippen LogP contribution in [-0.2, 0) is 11.3 Å². The van der Waals surface area contributed by atoms with Crippen LogP contribution in [0.5, 0.6) is 0 Å². The molecule has 0 heterocycles. The van der Waals surface area contributed by atoms with Crippen molar-refractivity contribution in [3.63, 3.8) is 0 Å². The van der Waals surface area contributed by atoms with Crippen LogP contribution in [0.4, 0.5) is 4.39 Å². The molecule has 0 aliphatic rings. The molecule has 0 aromatic heterocycles. The van der Waals surface area contributed by atoms with Crippen molar-refractivity contribution >= 4 is 11.8 Å². The highest BCUT2D eigenvalue weighted by Crippen LogP contribution is 2.15. The Balaban J connectivity index is 2.84. The van der Waals surface area contributed by atoms with Crippen LogP contribution in [0.3, 0.4) is 0 Å². The maximum Gasteiger partial charge on any atom is 0.251 e. The van der Waals surface area contributed by atoms with E-state index in [2.05, 4.69) is 5.32 Å². The predicted molar refractivity (Wildman–Crippen MR) is 66.2 cm³/mol. The highest BCUT2D eigenvalue weighted by Gasteiger charge is 2.21. The molecule has 0 radical (unpaired) electrons. The molecule has 0 spiro atoms. The Morgan fingerprint density at radius 3 is 2.44 bits per heavy atom. The molecular formula is C13H17FN2O2. The molecule has 0 bridgehead atoms. The van der Waals surface area contributed by atoms with Crippen molar-refractivity contribution in [1.29, 1.82) is 0 Å². The van der Waals surface area contributed by atoms with Crippen LogP contribution < -0.4 is 11.1 Å². The normalized spacial score (nSPS) is 11.1. The van der Waals surface area contributed by atoms with E-state index < -0.39 is 17.1 Å². The SMILES string of the molecule is CC(C)(C)C(=O)NCc1cccc(C(N)=O)c1F. The molecule has 0 saturated heterocycles. The molecule has 0 aliphatic heterocycles. The number of amides is 2. The van der Waals surface area contributed by atoms with Gasteiger partial charge in [-0.3, -0.25) is 9.59 Å². The van der Waals surface area contributed by atoms with E-state index in [1.54, 1.807) is 20.8 Å². The van der Waals surface area contributed by atoms with Gasteiger partial charge in [-0.2, -0.15) is 0 Å². The first-order valence-corrected chi connectivity index (χ1v) is 5.59. The van der Waals surface area contributed by atoms with E-state index in [1.165, 1.54) is 18.2 Å². The molecule has 98 valence electrons. The number of hydrogen-bond acceptors (Lipinski definition) is 2. The summed E-state index contributed by atoms with van der Waals surface area (Å²) in [5, 5.41) is 2.61. The minimum absolute atomic E-state index is 0.0308. The number of halogens is 1. The van der Waals surface area contributed by atoms with E-state index in [0.717, 1.165) is 0 Å². The summed E-state index contributed by atoms with van der Waals surface area (Å²) >= 11 is 0. The number of rotatable bonds is 3. The van der Waals surface area contributed by atoms with Crippen molar-refractivity contribution in [2.24, 2.45) is 11.1 Å². The Bertz CT molecular complexity index is 478. The van der Waals surface area contributed by atoms with Crippen LogP contribution in [0.15, 0.2) is 18.2 Å². The summed E-state index contributed by atoms with van der Waals surface area (Å²) in [4.78, 5) is 22.6. The fourth-order valence-electron chi connectivity index (χ4n) is 1.35. The molecule has 5 heteroatoms. The molecule has 0 unspecified atom stereocenters. The van der Waals surface area contributed by atoms with Crippen molar-refractivity contribution in [3.8, 4) is 0 Å². The monoisotopic (exact) mass is 252 g/mol. The minimum Gasteiger partial charge on any atom is -0.366 e. The van der Waals surface area contributed by atoms with E-state index in [0.29, 0.717) is 0 Å². The molecule has 1 aromatic rings. The van der Waals surface area contributed by atoms with Crippen molar-refractivity contribution in [2.75, 3.05) is 0 Å². The Hall–Kier alpha value is -1.91. The van der Waals surface area contributed by atoms with Gasteiger partial charge in [0.05, 0.1) is 5.56 Å². The van der Waals surface area contributed by atoms with Gasteiger partial charge in [0.2, 0.25) is 5.91 Å². The molecule has 0 saturated carbocycles. The molecule has 3 N–H and O–H groups in total. The van der Waals surface area contributed by atoms with Gasteiger partial charge >= 0.3 is 0 Å². The van der Waals surface area contributed by atoms with Gasteiger partial charge in [0.25, 0.3) is 5.91 Å². The van der Waals surface area contributed by atoms with Gasteiger partial charge in [0.1, 0.15) is 5.82 Å². The lowest BCUT2D eigenvalue weighted by molar-refractivity contribution is -0.128. The first kappa shape index (κ1) is 14.2. The zero-order chi connectivity index (χ0) is 13.9. The molecule has 1 aromatic carbocycles. The maximum absolute atomic E-state index is 13.8. The predicted octanol–water partition coefficient (Wildman–Crippen LogP) is 1.59. The highest BCUT2D eigenvalue weighted by atomic mass is 19.1. The topological polar surface area (TPSA) is 72.2 Å². The summed E-state index contributed by atoms with van der Waals surface area (Å²) in [6, 6.07) is 4.35. The molecule has 0 fully saturated rings. The maximum atomic E-state index is 13.8. The number of nitrogens with one attached hydrogen (secondary N) is 1. The molecule has 4 nitrogen and oxygen atoms in total. The van der Waals surface area contributed by atoms with E-state index >= 15 is 0 Å². The van der Waals surface area contributed by atoms with Gasteiger partial charge in [0.15, 0.2) is 0 Å². The van der Waals surface area contributed by atoms with Crippen molar-refractivity contribution < 1.29 is 14.0 Å². The van der Waals surface area contributed by atoms with Crippen LogP contribution in [0.2, 0.25) is 0 Å². The summed E-state index contributed by atoms with van der Waals surface area (Å²) < 4.78 is 13.8. The number of nitrogens with two attached hydrogens (primary N) is 1. The number of primary amides is 1. The largest absolute Gasteiger partial charge is 0.366 e. The molecule has 18 heavy (non-hydrogen) atoms. The fourth-order valence-corrected chi connectivity index (χ4v) is 1.35. The Kier molecular flexibility index (Phi) is 4.06. The Morgan fingerprint density at radius 2 is 1.94 bits per heavy atom. The Morgan fingerprint density at radius 1 is 1.33 bits per heavy atom. The van der Waals surface area contributed by atoms with Gasteiger partial charge in [-0.1, -0.05) is 32.9 Å². The number of carbonyl (C=O) groups is 2. The third-order valence-corrected chi connectivity index (χ3v) is 2.46. The lowest BCUT2D eigenvalue weighted by Crippen LogP contribution is -2.34. The lowest BCUT2D eigenvalue weighted by atomic mass is 9.95. The van der Waals surface area contributed by atoms with E-state index in [-0.39, 0.29) is 23.6 Å². The van der Waals surface area contributed by atoms with Gasteiger partial charge in [-0.15, -0.1) is 0 Å². The highest BCUT2D eigenvalue weighted by molar-refractivity contribution is 5.93. The molecular weight excluding hydrogens is 235 g/mol. The summed E-state index contributed by atoms with van der Waals surface area (Å²) in [7, 11) is 0. The van der Waals surface area contributed by atoms with E-state index in [9.17, 15) is 14.0 Å². The molecule has 0 atom stereocenters. The number of hydrogen-bond donors (Lipinski definition) is 2. The zero-order valence-corrected chi connectivity index (χ0v) is 10.7. The summed E-state index contributed by atoms with van der Waals surface area (Å²) in [6.07, 6.45) is 0. The van der Waals surface area contributed by atoms with E-state index in [1.807, 2.05) is 0 Å². The molecule has 2 amide bonds. The van der Waals surface area contributed by atoms with Crippen molar-refractivity contribution in [2.45, 2.75) is 27.3 Å². The van der Waals surface area contributed by atoms with Gasteiger partial charge in [0, 0.05) is 17.5 Å². The number of benzene rings is 1. The standard InChI is InChI=1S/C13H17FN2O2/c1-13(2,3)12(18)16-7-8-5-4-6-9(10(8)14)11(15)17/h4-6H,7H2,1-3H3,(H2,15,17)(H,16,18). The minimum atomic E-state index is -0.823. The van der Waals surface area contributed by atoms with Crippen LogP contribution in [0.25, 0.3) is 0 Å². The summed E-state index contributed by atoms with van der Waals surface area (Å²) in [5.41, 5.74) is 4.57. The first-order chi connectivity index (χ1) is 8.23. The first-order valence-electron chi connectivity index (χ1n) is 5.59. The van der Waals surface area contributed by atoms with Crippen molar-refractivity contribution in [1.82, 2.24) is 5.32 Å². The Labute approximate surface area is 105 Å². The van der Waals surface area contributed by atoms with Crippen LogP contribution >= 0.6 is 0 Å². The van der Waals surface area contributed by atoms with Gasteiger partial charge < -0.3 is 11.1 Å². The molecule has 1 rings (SSSR count). The smallest absolute Gasteiger partial charge is 0.251 e. The second kappa shape index (κ2) is 5.16.